The number of benzene rings is 2. The molecule has 0 unspecified atom stereocenters. The highest BCUT2D eigenvalue weighted by atomic mass is 32.2. The molecule has 0 fully saturated rings. The van der Waals surface area contributed by atoms with Gasteiger partial charge in [0.1, 0.15) is 5.01 Å². The van der Waals surface area contributed by atoms with E-state index in [9.17, 15) is 13.2 Å². The van der Waals surface area contributed by atoms with Crippen molar-refractivity contribution in [2.75, 3.05) is 11.6 Å². The van der Waals surface area contributed by atoms with Gasteiger partial charge in [0.25, 0.3) is 0 Å². The van der Waals surface area contributed by atoms with Crippen LogP contribution in [0.1, 0.15) is 16.1 Å². The first kappa shape index (κ1) is 19.3. The minimum Gasteiger partial charge on any atom is -0.325 e. The summed E-state index contributed by atoms with van der Waals surface area (Å²) < 4.78 is 23.1. The summed E-state index contributed by atoms with van der Waals surface area (Å²) in [7, 11) is -3.22. The monoisotopic (exact) mass is 400 g/mol. The zero-order chi connectivity index (χ0) is 19.6. The maximum Gasteiger partial charge on any atom is 0.231 e. The molecule has 27 heavy (non-hydrogen) atoms. The minimum atomic E-state index is -3.22. The maximum absolute atomic E-state index is 12.3. The number of hydrogen-bond donors (Lipinski definition) is 1. The molecule has 2 aromatic carbocycles. The Labute approximate surface area is 163 Å². The van der Waals surface area contributed by atoms with Gasteiger partial charge >= 0.3 is 0 Å². The van der Waals surface area contributed by atoms with Crippen LogP contribution in [0.3, 0.4) is 0 Å². The van der Waals surface area contributed by atoms with Gasteiger partial charge < -0.3 is 5.32 Å². The van der Waals surface area contributed by atoms with Crippen molar-refractivity contribution in [3.8, 4) is 11.3 Å². The molecular weight excluding hydrogens is 380 g/mol. The summed E-state index contributed by atoms with van der Waals surface area (Å²) in [5.74, 6) is -0.115. The second-order valence-corrected chi connectivity index (χ2v) is 9.42. The number of nitrogens with zero attached hydrogens (tertiary/aromatic N) is 1. The first-order valence-electron chi connectivity index (χ1n) is 8.34. The van der Waals surface area contributed by atoms with E-state index in [1.807, 2.05) is 37.4 Å². The van der Waals surface area contributed by atoms with Crippen molar-refractivity contribution >= 4 is 32.8 Å². The summed E-state index contributed by atoms with van der Waals surface area (Å²) >= 11 is 1.41. The SMILES string of the molecule is Cc1ccc(NC(=O)Cc2nc(-c3ccc(S(C)(=O)=O)cc3)cs2)c(C)c1. The van der Waals surface area contributed by atoms with E-state index < -0.39 is 9.84 Å². The van der Waals surface area contributed by atoms with Gasteiger partial charge in [-0.2, -0.15) is 0 Å². The third-order valence-corrected chi connectivity index (χ3v) is 6.08. The fourth-order valence-electron chi connectivity index (χ4n) is 2.68. The lowest BCUT2D eigenvalue weighted by Gasteiger charge is -2.08. The van der Waals surface area contributed by atoms with Gasteiger partial charge in [0, 0.05) is 22.9 Å². The summed E-state index contributed by atoms with van der Waals surface area (Å²) in [6.45, 7) is 3.97. The third-order valence-electron chi connectivity index (χ3n) is 4.10. The summed E-state index contributed by atoms with van der Waals surface area (Å²) in [4.78, 5) is 17.1. The first-order chi connectivity index (χ1) is 12.7. The average Bonchev–Trinajstić information content (AvgIpc) is 3.05. The second kappa shape index (κ2) is 7.62. The fraction of sp³-hybridized carbons (Fsp3) is 0.200. The average molecular weight is 401 g/mol. The van der Waals surface area contributed by atoms with Gasteiger partial charge in [-0.05, 0) is 37.6 Å². The van der Waals surface area contributed by atoms with E-state index in [1.54, 1.807) is 24.3 Å². The molecule has 7 heteroatoms. The number of carbonyl (C=O) groups is 1. The molecule has 1 aromatic heterocycles. The minimum absolute atomic E-state index is 0.115. The summed E-state index contributed by atoms with van der Waals surface area (Å²) in [5, 5.41) is 5.50. The molecular formula is C20H20N2O3S2. The van der Waals surface area contributed by atoms with E-state index in [4.69, 9.17) is 0 Å². The molecule has 1 N–H and O–H groups in total. The Morgan fingerprint density at radius 3 is 2.44 bits per heavy atom. The number of sulfone groups is 1. The van der Waals surface area contributed by atoms with Crippen LogP contribution in [-0.2, 0) is 21.1 Å². The number of amides is 1. The van der Waals surface area contributed by atoms with Crippen LogP contribution >= 0.6 is 11.3 Å². The van der Waals surface area contributed by atoms with Crippen LogP contribution in [0.25, 0.3) is 11.3 Å². The van der Waals surface area contributed by atoms with E-state index in [2.05, 4.69) is 10.3 Å². The number of aromatic nitrogens is 1. The smallest absolute Gasteiger partial charge is 0.231 e. The van der Waals surface area contributed by atoms with Crippen molar-refractivity contribution in [3.05, 3.63) is 64.0 Å². The molecule has 140 valence electrons. The molecule has 3 rings (SSSR count). The molecule has 3 aromatic rings. The molecule has 5 nitrogen and oxygen atoms in total. The Morgan fingerprint density at radius 2 is 1.81 bits per heavy atom. The molecule has 0 spiro atoms. The molecule has 0 bridgehead atoms. The first-order valence-corrected chi connectivity index (χ1v) is 11.1. The lowest BCUT2D eigenvalue weighted by atomic mass is 10.1. The molecule has 1 amide bonds. The molecule has 0 saturated carbocycles. The quantitative estimate of drug-likeness (QED) is 0.702. The predicted molar refractivity (Wildman–Crippen MR) is 109 cm³/mol. The third kappa shape index (κ3) is 4.81. The number of carbonyl (C=O) groups excluding carboxylic acids is 1. The van der Waals surface area contributed by atoms with Gasteiger partial charge in [0.05, 0.1) is 17.0 Å². The summed E-state index contributed by atoms with van der Waals surface area (Å²) in [6.07, 6.45) is 1.37. The summed E-state index contributed by atoms with van der Waals surface area (Å²) in [5.41, 5.74) is 4.53. The van der Waals surface area contributed by atoms with Crippen molar-refractivity contribution in [3.63, 3.8) is 0 Å². The van der Waals surface area contributed by atoms with Crippen LogP contribution in [0.5, 0.6) is 0 Å². The van der Waals surface area contributed by atoms with Crippen LogP contribution in [0.4, 0.5) is 5.69 Å². The number of rotatable bonds is 5. The van der Waals surface area contributed by atoms with Crippen molar-refractivity contribution in [1.29, 1.82) is 0 Å². The van der Waals surface area contributed by atoms with Crippen LogP contribution in [0.2, 0.25) is 0 Å². The Morgan fingerprint density at radius 1 is 1.11 bits per heavy atom. The molecule has 0 aliphatic rings. The van der Waals surface area contributed by atoms with Crippen LogP contribution < -0.4 is 5.32 Å². The lowest BCUT2D eigenvalue weighted by Crippen LogP contribution is -2.15. The van der Waals surface area contributed by atoms with E-state index in [0.29, 0.717) is 5.01 Å². The Balaban J connectivity index is 1.69. The zero-order valence-electron chi connectivity index (χ0n) is 15.3. The van der Waals surface area contributed by atoms with Crippen molar-refractivity contribution < 1.29 is 13.2 Å². The molecule has 0 atom stereocenters. The highest BCUT2D eigenvalue weighted by Gasteiger charge is 2.12. The standard InChI is InChI=1S/C20H20N2O3S2/c1-13-4-9-17(14(2)10-13)21-19(23)11-20-22-18(12-26-20)15-5-7-16(8-6-15)27(3,24)25/h4-10,12H,11H2,1-3H3,(H,21,23). The van der Waals surface area contributed by atoms with E-state index in [1.165, 1.54) is 17.6 Å². The molecule has 0 saturated heterocycles. The highest BCUT2D eigenvalue weighted by molar-refractivity contribution is 7.90. The predicted octanol–water partition coefficient (Wildman–Crippen LogP) is 4.01. The van der Waals surface area contributed by atoms with Gasteiger partial charge in [0.2, 0.25) is 5.91 Å². The van der Waals surface area contributed by atoms with E-state index in [0.717, 1.165) is 28.1 Å². The molecule has 0 radical (unpaired) electrons. The van der Waals surface area contributed by atoms with Gasteiger partial charge in [0.15, 0.2) is 9.84 Å². The maximum atomic E-state index is 12.3. The highest BCUT2D eigenvalue weighted by Crippen LogP contribution is 2.24. The topological polar surface area (TPSA) is 76.1 Å². The molecule has 0 aliphatic carbocycles. The van der Waals surface area contributed by atoms with Gasteiger partial charge in [-0.25, -0.2) is 13.4 Å². The number of nitrogens with one attached hydrogen (secondary N) is 1. The van der Waals surface area contributed by atoms with Gasteiger partial charge in [-0.3, -0.25) is 4.79 Å². The largest absolute Gasteiger partial charge is 0.325 e. The van der Waals surface area contributed by atoms with Gasteiger partial charge in [-0.1, -0.05) is 29.8 Å². The normalized spacial score (nSPS) is 11.4. The number of aryl methyl sites for hydroxylation is 2. The number of anilines is 1. The Hall–Kier alpha value is -2.51. The van der Waals surface area contributed by atoms with Gasteiger partial charge in [-0.15, -0.1) is 11.3 Å². The fourth-order valence-corrected chi connectivity index (χ4v) is 4.12. The van der Waals surface area contributed by atoms with Crippen LogP contribution in [0, 0.1) is 13.8 Å². The van der Waals surface area contributed by atoms with E-state index >= 15 is 0 Å². The Kier molecular flexibility index (Phi) is 5.43. The zero-order valence-corrected chi connectivity index (χ0v) is 16.9. The lowest BCUT2D eigenvalue weighted by molar-refractivity contribution is -0.115. The van der Waals surface area contributed by atoms with Crippen molar-refractivity contribution in [1.82, 2.24) is 4.98 Å². The van der Waals surface area contributed by atoms with E-state index in [-0.39, 0.29) is 17.2 Å². The molecule has 0 aliphatic heterocycles. The van der Waals surface area contributed by atoms with Crippen molar-refractivity contribution in [2.45, 2.75) is 25.2 Å². The number of hydrogen-bond acceptors (Lipinski definition) is 5. The van der Waals surface area contributed by atoms with Crippen molar-refractivity contribution in [2.24, 2.45) is 0 Å². The van der Waals surface area contributed by atoms with Crippen LogP contribution in [0.15, 0.2) is 52.7 Å². The van der Waals surface area contributed by atoms with Crippen LogP contribution in [-0.4, -0.2) is 25.6 Å². The second-order valence-electron chi connectivity index (χ2n) is 6.47. The summed E-state index contributed by atoms with van der Waals surface area (Å²) in [6, 6.07) is 12.5. The number of thiazole rings is 1. The Bertz CT molecular complexity index is 1080. The molecule has 1 heterocycles.